The van der Waals surface area contributed by atoms with E-state index in [1.165, 1.54) is 26.4 Å². The fraction of sp³-hybridized carbons (Fsp3) is 0.526. The van der Waals surface area contributed by atoms with Crippen molar-refractivity contribution < 1.29 is 9.53 Å². The van der Waals surface area contributed by atoms with Crippen LogP contribution in [0.3, 0.4) is 0 Å². The van der Waals surface area contributed by atoms with Gasteiger partial charge in [0.05, 0.1) is 7.11 Å². The monoisotopic (exact) mass is 303 g/mol. The SMILES string of the molecule is CCCCC/C=C/CCC[C@@H](Nc1ccccc1)C(=O)OC. The van der Waals surface area contributed by atoms with Crippen molar-refractivity contribution in [1.82, 2.24) is 0 Å². The summed E-state index contributed by atoms with van der Waals surface area (Å²) in [6.45, 7) is 2.22. The number of rotatable bonds is 11. The van der Waals surface area contributed by atoms with Gasteiger partial charge in [0.15, 0.2) is 0 Å². The molecule has 0 saturated carbocycles. The maximum atomic E-state index is 11.9. The Morgan fingerprint density at radius 1 is 1.14 bits per heavy atom. The predicted molar refractivity (Wildman–Crippen MR) is 93.0 cm³/mol. The summed E-state index contributed by atoms with van der Waals surface area (Å²) in [6, 6.07) is 9.51. The van der Waals surface area contributed by atoms with Gasteiger partial charge in [0, 0.05) is 5.69 Å². The molecule has 122 valence electrons. The van der Waals surface area contributed by atoms with Gasteiger partial charge in [-0.25, -0.2) is 4.79 Å². The van der Waals surface area contributed by atoms with Crippen molar-refractivity contribution in [2.45, 2.75) is 57.9 Å². The van der Waals surface area contributed by atoms with Crippen molar-refractivity contribution in [1.29, 1.82) is 0 Å². The van der Waals surface area contributed by atoms with Gasteiger partial charge in [-0.3, -0.25) is 0 Å². The molecule has 1 rings (SSSR count). The van der Waals surface area contributed by atoms with Crippen LogP contribution in [0, 0.1) is 0 Å². The third kappa shape index (κ3) is 7.87. The molecule has 3 nitrogen and oxygen atoms in total. The lowest BCUT2D eigenvalue weighted by molar-refractivity contribution is -0.141. The zero-order chi connectivity index (χ0) is 16.0. The summed E-state index contributed by atoms with van der Waals surface area (Å²) in [5.41, 5.74) is 0.952. The standard InChI is InChI=1S/C19H29NO2/c1-3-4-5-6-7-8-9-13-16-18(19(21)22-2)20-17-14-11-10-12-15-17/h7-8,10-12,14-15,18,20H,3-6,9,13,16H2,1-2H3/b8-7+/t18-/m1/s1. The number of ether oxygens (including phenoxy) is 1. The zero-order valence-corrected chi connectivity index (χ0v) is 13.9. The number of methoxy groups -OCH3 is 1. The summed E-state index contributed by atoms with van der Waals surface area (Å²) in [7, 11) is 1.44. The third-order valence-corrected chi connectivity index (χ3v) is 3.60. The molecule has 0 radical (unpaired) electrons. The van der Waals surface area contributed by atoms with Crippen LogP contribution in [-0.4, -0.2) is 19.1 Å². The quantitative estimate of drug-likeness (QED) is 0.357. The highest BCUT2D eigenvalue weighted by Crippen LogP contribution is 2.12. The van der Waals surface area contributed by atoms with Gasteiger partial charge in [-0.05, 0) is 44.2 Å². The Kier molecular flexibility index (Phi) is 9.84. The normalized spacial score (nSPS) is 12.3. The molecule has 1 N–H and O–H groups in total. The first-order valence-corrected chi connectivity index (χ1v) is 8.32. The van der Waals surface area contributed by atoms with Crippen LogP contribution < -0.4 is 5.32 Å². The molecule has 0 saturated heterocycles. The average molecular weight is 303 g/mol. The molecular weight excluding hydrogens is 274 g/mol. The van der Waals surface area contributed by atoms with Gasteiger partial charge < -0.3 is 10.1 Å². The van der Waals surface area contributed by atoms with Crippen molar-refractivity contribution in [3.05, 3.63) is 42.5 Å². The summed E-state index contributed by atoms with van der Waals surface area (Å²) < 4.78 is 4.89. The Morgan fingerprint density at radius 2 is 1.82 bits per heavy atom. The van der Waals surface area contributed by atoms with E-state index >= 15 is 0 Å². The number of unbranched alkanes of at least 4 members (excludes halogenated alkanes) is 4. The van der Waals surface area contributed by atoms with Gasteiger partial charge in [-0.15, -0.1) is 0 Å². The first-order valence-electron chi connectivity index (χ1n) is 8.32. The van der Waals surface area contributed by atoms with Crippen LogP contribution in [-0.2, 0) is 9.53 Å². The van der Waals surface area contributed by atoms with Crippen LogP contribution in [0.15, 0.2) is 42.5 Å². The summed E-state index contributed by atoms with van der Waals surface area (Å²) in [4.78, 5) is 11.9. The molecule has 1 atom stereocenters. The zero-order valence-electron chi connectivity index (χ0n) is 13.9. The van der Waals surface area contributed by atoms with E-state index in [1.54, 1.807) is 0 Å². The van der Waals surface area contributed by atoms with Crippen molar-refractivity contribution >= 4 is 11.7 Å². The second-order valence-corrected chi connectivity index (χ2v) is 5.48. The fourth-order valence-corrected chi connectivity index (χ4v) is 2.31. The minimum absolute atomic E-state index is 0.198. The van der Waals surface area contributed by atoms with E-state index in [0.717, 1.165) is 31.4 Å². The maximum Gasteiger partial charge on any atom is 0.328 e. The maximum absolute atomic E-state index is 11.9. The van der Waals surface area contributed by atoms with Gasteiger partial charge >= 0.3 is 5.97 Å². The van der Waals surface area contributed by atoms with Crippen molar-refractivity contribution in [3.8, 4) is 0 Å². The number of benzene rings is 1. The summed E-state index contributed by atoms with van der Waals surface area (Å²) >= 11 is 0. The second-order valence-electron chi connectivity index (χ2n) is 5.48. The molecule has 0 spiro atoms. The molecule has 0 aliphatic heterocycles. The molecule has 1 aromatic rings. The first kappa shape index (κ1) is 18.3. The average Bonchev–Trinajstić information content (AvgIpc) is 2.56. The molecule has 22 heavy (non-hydrogen) atoms. The molecule has 0 fully saturated rings. The Balaban J connectivity index is 2.32. The van der Waals surface area contributed by atoms with Gasteiger partial charge in [0.1, 0.15) is 6.04 Å². The number of esters is 1. The Morgan fingerprint density at radius 3 is 2.45 bits per heavy atom. The number of carbonyl (C=O) groups excluding carboxylic acids is 1. The molecule has 0 aliphatic rings. The van der Waals surface area contributed by atoms with Crippen molar-refractivity contribution in [2.24, 2.45) is 0 Å². The number of hydrogen-bond donors (Lipinski definition) is 1. The number of para-hydroxylation sites is 1. The van der Waals surface area contributed by atoms with E-state index in [4.69, 9.17) is 4.74 Å². The van der Waals surface area contributed by atoms with Crippen LogP contribution >= 0.6 is 0 Å². The minimum atomic E-state index is -0.277. The van der Waals surface area contributed by atoms with Crippen LogP contribution in [0.1, 0.15) is 51.9 Å². The Bertz CT molecular complexity index is 428. The lowest BCUT2D eigenvalue weighted by Crippen LogP contribution is -2.30. The van der Waals surface area contributed by atoms with Gasteiger partial charge in [0.2, 0.25) is 0 Å². The van der Waals surface area contributed by atoms with E-state index in [2.05, 4.69) is 24.4 Å². The first-order chi connectivity index (χ1) is 10.8. The highest BCUT2D eigenvalue weighted by atomic mass is 16.5. The van der Waals surface area contributed by atoms with Crippen LogP contribution in [0.2, 0.25) is 0 Å². The molecule has 0 aromatic heterocycles. The summed E-state index contributed by atoms with van der Waals surface area (Å²) in [6.07, 6.45) is 12.3. The van der Waals surface area contributed by atoms with Crippen LogP contribution in [0.4, 0.5) is 5.69 Å². The Labute approximate surface area is 134 Å². The minimum Gasteiger partial charge on any atom is -0.467 e. The van der Waals surface area contributed by atoms with Gasteiger partial charge in [-0.1, -0.05) is 50.1 Å². The number of nitrogens with one attached hydrogen (secondary N) is 1. The number of hydrogen-bond acceptors (Lipinski definition) is 3. The number of anilines is 1. The van der Waals surface area contributed by atoms with E-state index in [1.807, 2.05) is 30.3 Å². The largest absolute Gasteiger partial charge is 0.467 e. The van der Waals surface area contributed by atoms with E-state index in [-0.39, 0.29) is 12.0 Å². The molecule has 0 amide bonds. The highest BCUT2D eigenvalue weighted by molar-refractivity contribution is 5.79. The highest BCUT2D eigenvalue weighted by Gasteiger charge is 2.17. The van der Waals surface area contributed by atoms with Crippen LogP contribution in [0.5, 0.6) is 0 Å². The molecule has 1 aromatic carbocycles. The molecule has 0 bridgehead atoms. The topological polar surface area (TPSA) is 38.3 Å². The van der Waals surface area contributed by atoms with E-state index < -0.39 is 0 Å². The van der Waals surface area contributed by atoms with E-state index in [9.17, 15) is 4.79 Å². The summed E-state index contributed by atoms with van der Waals surface area (Å²) in [5.74, 6) is -0.198. The van der Waals surface area contributed by atoms with Crippen LogP contribution in [0.25, 0.3) is 0 Å². The smallest absolute Gasteiger partial charge is 0.328 e. The van der Waals surface area contributed by atoms with Crippen molar-refractivity contribution in [3.63, 3.8) is 0 Å². The molecule has 0 aliphatic carbocycles. The van der Waals surface area contributed by atoms with Crippen molar-refractivity contribution in [2.75, 3.05) is 12.4 Å². The third-order valence-electron chi connectivity index (χ3n) is 3.60. The number of carbonyl (C=O) groups is 1. The molecule has 3 heteroatoms. The molecule has 0 heterocycles. The predicted octanol–water partition coefficient (Wildman–Crippen LogP) is 4.95. The number of allylic oxidation sites excluding steroid dienone is 2. The summed E-state index contributed by atoms with van der Waals surface area (Å²) in [5, 5.41) is 3.25. The van der Waals surface area contributed by atoms with E-state index in [0.29, 0.717) is 0 Å². The lowest BCUT2D eigenvalue weighted by Gasteiger charge is -2.17. The van der Waals surface area contributed by atoms with Gasteiger partial charge in [0.25, 0.3) is 0 Å². The second kappa shape index (κ2) is 11.8. The van der Waals surface area contributed by atoms with Gasteiger partial charge in [-0.2, -0.15) is 0 Å². The Hall–Kier alpha value is -1.77. The molecular formula is C19H29NO2. The lowest BCUT2D eigenvalue weighted by atomic mass is 10.1. The molecule has 0 unspecified atom stereocenters. The fourth-order valence-electron chi connectivity index (χ4n) is 2.31.